The average Bonchev–Trinajstić information content (AvgIpc) is 3.23. The third-order valence-electron chi connectivity index (χ3n) is 3.72. The van der Waals surface area contributed by atoms with Crippen LogP contribution in [0.4, 0.5) is 5.13 Å². The fourth-order valence-electron chi connectivity index (χ4n) is 2.51. The molecule has 4 heterocycles. The van der Waals surface area contributed by atoms with Crippen molar-refractivity contribution in [3.8, 4) is 11.1 Å². The van der Waals surface area contributed by atoms with Gasteiger partial charge in [0, 0.05) is 22.7 Å². The van der Waals surface area contributed by atoms with Crippen LogP contribution in [-0.4, -0.2) is 35.7 Å². The predicted octanol–water partition coefficient (Wildman–Crippen LogP) is 2.51. The lowest BCUT2D eigenvalue weighted by atomic mass is 10.0. The van der Waals surface area contributed by atoms with Crippen LogP contribution in [0.1, 0.15) is 21.6 Å². The van der Waals surface area contributed by atoms with E-state index in [0.717, 1.165) is 22.4 Å². The number of aryl methyl sites for hydroxylation is 2. The second-order valence-electron chi connectivity index (χ2n) is 5.54. The number of hydrogen-bond acceptors (Lipinski definition) is 7. The number of carbonyl (C=O) groups is 1. The largest absolute Gasteiger partial charge is 0.298 e. The standard InChI is InChI=1S/C16H13N7OS/c1-9-4-17-18-5-13(9)11-3-12(14-22-19-8-23(14)6-11)15(24)21-16-20-10(2)7-25-16/h3-8H,1-2H3,(H,20,21,24). The number of nitrogens with one attached hydrogen (secondary N) is 1. The second-order valence-corrected chi connectivity index (χ2v) is 6.40. The SMILES string of the molecule is Cc1csc(NC(=O)c2cc(-c3cnncc3C)cn3cnnc23)n1. The summed E-state index contributed by atoms with van der Waals surface area (Å²) >= 11 is 1.38. The molecule has 4 aromatic rings. The Kier molecular flexibility index (Phi) is 3.69. The fraction of sp³-hybridized carbons (Fsp3) is 0.125. The van der Waals surface area contributed by atoms with Crippen LogP contribution in [-0.2, 0) is 0 Å². The van der Waals surface area contributed by atoms with Crippen molar-refractivity contribution in [1.82, 2.24) is 29.8 Å². The zero-order valence-electron chi connectivity index (χ0n) is 13.5. The molecule has 124 valence electrons. The van der Waals surface area contributed by atoms with Crippen LogP contribution in [0.15, 0.2) is 36.4 Å². The highest BCUT2D eigenvalue weighted by molar-refractivity contribution is 7.13. The Morgan fingerprint density at radius 2 is 2.04 bits per heavy atom. The molecule has 9 heteroatoms. The molecule has 1 N–H and O–H groups in total. The monoisotopic (exact) mass is 351 g/mol. The lowest BCUT2D eigenvalue weighted by Crippen LogP contribution is -2.13. The highest BCUT2D eigenvalue weighted by Crippen LogP contribution is 2.25. The molecule has 25 heavy (non-hydrogen) atoms. The molecule has 8 nitrogen and oxygen atoms in total. The summed E-state index contributed by atoms with van der Waals surface area (Å²) in [5, 5.41) is 21.0. The summed E-state index contributed by atoms with van der Waals surface area (Å²) in [6.45, 7) is 3.82. The van der Waals surface area contributed by atoms with E-state index < -0.39 is 0 Å². The molecule has 0 spiro atoms. The van der Waals surface area contributed by atoms with E-state index in [0.29, 0.717) is 16.3 Å². The van der Waals surface area contributed by atoms with Gasteiger partial charge >= 0.3 is 0 Å². The number of anilines is 1. The molecule has 0 saturated carbocycles. The van der Waals surface area contributed by atoms with Gasteiger partial charge in [0.25, 0.3) is 5.91 Å². The predicted molar refractivity (Wildman–Crippen MR) is 93.6 cm³/mol. The maximum atomic E-state index is 12.8. The highest BCUT2D eigenvalue weighted by Gasteiger charge is 2.17. The van der Waals surface area contributed by atoms with Gasteiger partial charge in [0.15, 0.2) is 10.8 Å². The number of fused-ring (bicyclic) bond motifs is 1. The number of rotatable bonds is 3. The van der Waals surface area contributed by atoms with Crippen LogP contribution in [0.2, 0.25) is 0 Å². The van der Waals surface area contributed by atoms with E-state index >= 15 is 0 Å². The minimum atomic E-state index is -0.283. The Balaban J connectivity index is 1.81. The third kappa shape index (κ3) is 2.85. The van der Waals surface area contributed by atoms with Crippen molar-refractivity contribution in [1.29, 1.82) is 0 Å². The lowest BCUT2D eigenvalue weighted by molar-refractivity contribution is 0.102. The van der Waals surface area contributed by atoms with E-state index in [9.17, 15) is 4.79 Å². The summed E-state index contributed by atoms with van der Waals surface area (Å²) in [7, 11) is 0. The third-order valence-corrected chi connectivity index (χ3v) is 4.59. The van der Waals surface area contributed by atoms with Gasteiger partial charge in [0.05, 0.1) is 23.7 Å². The fourth-order valence-corrected chi connectivity index (χ4v) is 3.20. The summed E-state index contributed by atoms with van der Waals surface area (Å²) in [5.74, 6) is -0.283. The van der Waals surface area contributed by atoms with Gasteiger partial charge in [-0.1, -0.05) is 0 Å². The molecule has 0 aromatic carbocycles. The van der Waals surface area contributed by atoms with Gasteiger partial charge in [-0.3, -0.25) is 14.5 Å². The molecule has 4 aromatic heterocycles. The van der Waals surface area contributed by atoms with Crippen molar-refractivity contribution in [2.45, 2.75) is 13.8 Å². The van der Waals surface area contributed by atoms with E-state index in [2.05, 4.69) is 30.7 Å². The van der Waals surface area contributed by atoms with Crippen molar-refractivity contribution in [3.63, 3.8) is 0 Å². The lowest BCUT2D eigenvalue weighted by Gasteiger charge is -2.09. The molecule has 4 rings (SSSR count). The maximum absolute atomic E-state index is 12.8. The molecule has 0 aliphatic rings. The molecule has 1 amide bonds. The zero-order chi connectivity index (χ0) is 17.4. The number of carbonyl (C=O) groups excluding carboxylic acids is 1. The highest BCUT2D eigenvalue weighted by atomic mass is 32.1. The number of thiazole rings is 1. The molecule has 0 bridgehead atoms. The number of aromatic nitrogens is 6. The molecule has 0 unspecified atom stereocenters. The first kappa shape index (κ1) is 15.3. The topological polar surface area (TPSA) is 98.0 Å². The van der Waals surface area contributed by atoms with Crippen molar-refractivity contribution in [2.24, 2.45) is 0 Å². The first-order chi connectivity index (χ1) is 12.1. The zero-order valence-corrected chi connectivity index (χ0v) is 14.3. The summed E-state index contributed by atoms with van der Waals surface area (Å²) in [4.78, 5) is 17.0. The normalized spacial score (nSPS) is 11.0. The van der Waals surface area contributed by atoms with Gasteiger partial charge < -0.3 is 0 Å². The van der Waals surface area contributed by atoms with Crippen LogP contribution in [0, 0.1) is 13.8 Å². The van der Waals surface area contributed by atoms with Crippen molar-refractivity contribution in [2.75, 3.05) is 5.32 Å². The van der Waals surface area contributed by atoms with Crippen molar-refractivity contribution in [3.05, 3.63) is 53.2 Å². The van der Waals surface area contributed by atoms with E-state index in [4.69, 9.17) is 0 Å². The molecular formula is C16H13N7OS. The summed E-state index contributed by atoms with van der Waals surface area (Å²) in [6.07, 6.45) is 6.79. The minimum absolute atomic E-state index is 0.283. The Morgan fingerprint density at radius 3 is 2.80 bits per heavy atom. The number of nitrogens with zero attached hydrogens (tertiary/aromatic N) is 6. The molecular weight excluding hydrogens is 338 g/mol. The Labute approximate surface area is 146 Å². The number of amides is 1. The first-order valence-corrected chi connectivity index (χ1v) is 8.34. The van der Waals surface area contributed by atoms with Gasteiger partial charge in [-0.25, -0.2) is 4.98 Å². The van der Waals surface area contributed by atoms with E-state index in [1.807, 2.05) is 25.4 Å². The van der Waals surface area contributed by atoms with Crippen molar-refractivity contribution < 1.29 is 4.79 Å². The van der Waals surface area contributed by atoms with Crippen LogP contribution >= 0.6 is 11.3 Å². The molecule has 0 aliphatic carbocycles. The van der Waals surface area contributed by atoms with Gasteiger partial charge in [-0.15, -0.1) is 21.5 Å². The molecule has 0 atom stereocenters. The van der Waals surface area contributed by atoms with Crippen molar-refractivity contribution >= 4 is 28.0 Å². The molecule has 0 radical (unpaired) electrons. The van der Waals surface area contributed by atoms with Crippen LogP contribution in [0.3, 0.4) is 0 Å². The molecule has 0 saturated heterocycles. The Hall–Kier alpha value is -3.20. The van der Waals surface area contributed by atoms with E-state index in [-0.39, 0.29) is 5.91 Å². The second kappa shape index (κ2) is 6.02. The summed E-state index contributed by atoms with van der Waals surface area (Å²) in [5.41, 5.74) is 4.45. The van der Waals surface area contributed by atoms with Gasteiger partial charge in [-0.2, -0.15) is 10.2 Å². The summed E-state index contributed by atoms with van der Waals surface area (Å²) in [6, 6.07) is 1.78. The van der Waals surface area contributed by atoms with E-state index in [1.165, 1.54) is 11.3 Å². The van der Waals surface area contributed by atoms with Crippen LogP contribution in [0.25, 0.3) is 16.8 Å². The maximum Gasteiger partial charge on any atom is 0.261 e. The first-order valence-electron chi connectivity index (χ1n) is 7.46. The average molecular weight is 351 g/mol. The number of pyridine rings is 1. The summed E-state index contributed by atoms with van der Waals surface area (Å²) < 4.78 is 1.72. The number of hydrogen-bond donors (Lipinski definition) is 1. The van der Waals surface area contributed by atoms with Gasteiger partial charge in [0.2, 0.25) is 0 Å². The Morgan fingerprint density at radius 1 is 1.20 bits per heavy atom. The minimum Gasteiger partial charge on any atom is -0.298 e. The van der Waals surface area contributed by atoms with Crippen LogP contribution in [0.5, 0.6) is 0 Å². The smallest absolute Gasteiger partial charge is 0.261 e. The van der Waals surface area contributed by atoms with Crippen LogP contribution < -0.4 is 5.32 Å². The quantitative estimate of drug-likeness (QED) is 0.609. The van der Waals surface area contributed by atoms with E-state index in [1.54, 1.807) is 29.2 Å². The van der Waals surface area contributed by atoms with Gasteiger partial charge in [-0.05, 0) is 25.5 Å². The van der Waals surface area contributed by atoms with Gasteiger partial charge in [0.1, 0.15) is 6.33 Å². The molecule has 0 fully saturated rings. The Bertz CT molecular complexity index is 1080. The molecule has 0 aliphatic heterocycles.